The van der Waals surface area contributed by atoms with Crippen LogP contribution in [0.2, 0.25) is 0 Å². The zero-order chi connectivity index (χ0) is 22.1. The first-order chi connectivity index (χ1) is 15.0. The van der Waals surface area contributed by atoms with Gasteiger partial charge in [0.2, 0.25) is 11.8 Å². The van der Waals surface area contributed by atoms with Crippen molar-refractivity contribution in [2.24, 2.45) is 0 Å². The largest absolute Gasteiger partial charge is 0.379 e. The molecule has 2 aliphatic heterocycles. The van der Waals surface area contributed by atoms with Gasteiger partial charge in [0.15, 0.2) is 0 Å². The molecule has 0 spiro atoms. The van der Waals surface area contributed by atoms with Crippen molar-refractivity contribution in [1.29, 1.82) is 0 Å². The number of piperazine rings is 1. The number of urea groups is 1. The minimum absolute atomic E-state index is 0.00582. The van der Waals surface area contributed by atoms with Crippen molar-refractivity contribution in [2.75, 3.05) is 72.6 Å². The number of hydrogen-bond acceptors (Lipinski definition) is 5. The lowest BCUT2D eigenvalue weighted by molar-refractivity contribution is -0.140. The molecule has 2 aliphatic rings. The molecule has 3 rings (SSSR count). The third-order valence-electron chi connectivity index (χ3n) is 5.67. The highest BCUT2D eigenvalue weighted by Gasteiger charge is 2.25. The van der Waals surface area contributed by atoms with Crippen molar-refractivity contribution in [3.63, 3.8) is 0 Å². The van der Waals surface area contributed by atoms with E-state index in [1.54, 1.807) is 16.8 Å². The highest BCUT2D eigenvalue weighted by molar-refractivity contribution is 5.80. The molecule has 2 saturated heterocycles. The summed E-state index contributed by atoms with van der Waals surface area (Å²) < 4.78 is 5.31. The summed E-state index contributed by atoms with van der Waals surface area (Å²) in [5, 5.41) is 2.80. The summed E-state index contributed by atoms with van der Waals surface area (Å²) >= 11 is 0. The maximum atomic E-state index is 12.5. The number of nitrogens with one attached hydrogen (secondary N) is 1. The number of carbonyl (C=O) groups is 3. The third-order valence-corrected chi connectivity index (χ3v) is 5.67. The second kappa shape index (κ2) is 11.7. The summed E-state index contributed by atoms with van der Waals surface area (Å²) in [6.45, 7) is 6.34. The summed E-state index contributed by atoms with van der Waals surface area (Å²) in [6, 6.07) is 9.56. The van der Waals surface area contributed by atoms with Gasteiger partial charge in [0.1, 0.15) is 0 Å². The second-order valence-corrected chi connectivity index (χ2v) is 7.97. The molecule has 1 aromatic rings. The van der Waals surface area contributed by atoms with Crippen LogP contribution in [0.1, 0.15) is 12.0 Å². The van der Waals surface area contributed by atoms with Gasteiger partial charge in [-0.05, 0) is 5.56 Å². The number of amides is 4. The van der Waals surface area contributed by atoms with Gasteiger partial charge in [0.05, 0.1) is 19.8 Å². The molecule has 0 unspecified atom stereocenters. The highest BCUT2D eigenvalue weighted by Crippen LogP contribution is 2.07. The summed E-state index contributed by atoms with van der Waals surface area (Å²) in [5.41, 5.74) is 1.05. The van der Waals surface area contributed by atoms with Gasteiger partial charge in [-0.2, -0.15) is 0 Å². The predicted octanol–water partition coefficient (Wildman–Crippen LogP) is 0.221. The minimum atomic E-state index is -0.199. The summed E-state index contributed by atoms with van der Waals surface area (Å²) in [7, 11) is 1.73. The topological polar surface area (TPSA) is 85.4 Å². The van der Waals surface area contributed by atoms with Crippen LogP contribution in [0.4, 0.5) is 4.79 Å². The lowest BCUT2D eigenvalue weighted by atomic mass is 10.2. The van der Waals surface area contributed by atoms with Crippen molar-refractivity contribution in [3.05, 3.63) is 35.9 Å². The lowest BCUT2D eigenvalue weighted by Crippen LogP contribution is -2.53. The van der Waals surface area contributed by atoms with Gasteiger partial charge < -0.3 is 24.8 Å². The Labute approximate surface area is 183 Å². The number of carbonyl (C=O) groups excluding carboxylic acids is 3. The molecule has 2 fully saturated rings. The van der Waals surface area contributed by atoms with Crippen LogP contribution < -0.4 is 5.32 Å². The molecule has 0 aliphatic carbocycles. The van der Waals surface area contributed by atoms with E-state index in [2.05, 4.69) is 10.2 Å². The van der Waals surface area contributed by atoms with Gasteiger partial charge in [-0.15, -0.1) is 0 Å². The molecular formula is C22H33N5O4. The molecule has 0 radical (unpaired) electrons. The predicted molar refractivity (Wildman–Crippen MR) is 116 cm³/mol. The molecule has 2 heterocycles. The molecule has 9 nitrogen and oxygen atoms in total. The highest BCUT2D eigenvalue weighted by atomic mass is 16.5. The van der Waals surface area contributed by atoms with Gasteiger partial charge in [0, 0.05) is 65.8 Å². The van der Waals surface area contributed by atoms with Crippen molar-refractivity contribution in [1.82, 2.24) is 24.9 Å². The SMILES string of the molecule is CN(Cc1ccccc1)C(=O)NCCC(=O)N1CCN(C(=O)CN2CCOCC2)CC1. The van der Waals surface area contributed by atoms with Crippen molar-refractivity contribution in [3.8, 4) is 0 Å². The summed E-state index contributed by atoms with van der Waals surface area (Å²) in [6.07, 6.45) is 0.257. The number of rotatable bonds is 7. The smallest absolute Gasteiger partial charge is 0.317 e. The van der Waals surface area contributed by atoms with E-state index in [0.29, 0.717) is 59.0 Å². The van der Waals surface area contributed by atoms with Crippen LogP contribution in [0.3, 0.4) is 0 Å². The Morgan fingerprint density at radius 2 is 1.55 bits per heavy atom. The average Bonchev–Trinajstić information content (AvgIpc) is 2.80. The second-order valence-electron chi connectivity index (χ2n) is 7.97. The molecule has 0 atom stereocenters. The Hall–Kier alpha value is -2.65. The van der Waals surface area contributed by atoms with Gasteiger partial charge in [-0.3, -0.25) is 14.5 Å². The van der Waals surface area contributed by atoms with Gasteiger partial charge in [-0.25, -0.2) is 4.79 Å². The fourth-order valence-corrected chi connectivity index (χ4v) is 3.75. The number of ether oxygens (including phenoxy) is 1. The maximum absolute atomic E-state index is 12.5. The summed E-state index contributed by atoms with van der Waals surface area (Å²) in [5.74, 6) is 0.119. The van der Waals surface area contributed by atoms with E-state index in [-0.39, 0.29) is 24.3 Å². The standard InChI is InChI=1S/C22H33N5O4/c1-24(17-19-5-3-2-4-6-19)22(30)23-8-7-20(28)26-9-11-27(12-10-26)21(29)18-25-13-15-31-16-14-25/h2-6H,7-18H2,1H3,(H,23,30). The van der Waals surface area contributed by atoms with E-state index in [0.717, 1.165) is 18.7 Å². The van der Waals surface area contributed by atoms with Gasteiger partial charge in [-0.1, -0.05) is 30.3 Å². The summed E-state index contributed by atoms with van der Waals surface area (Å²) in [4.78, 5) is 44.5. The number of nitrogens with zero attached hydrogens (tertiary/aromatic N) is 4. The van der Waals surface area contributed by atoms with Crippen LogP contribution in [-0.2, 0) is 20.9 Å². The van der Waals surface area contributed by atoms with E-state index in [1.807, 2.05) is 35.2 Å². The minimum Gasteiger partial charge on any atom is -0.379 e. The van der Waals surface area contributed by atoms with Crippen LogP contribution in [0.5, 0.6) is 0 Å². The molecule has 0 aromatic heterocycles. The normalized spacial score (nSPS) is 17.3. The number of benzene rings is 1. The Kier molecular flexibility index (Phi) is 8.66. The third kappa shape index (κ3) is 7.22. The fourth-order valence-electron chi connectivity index (χ4n) is 3.75. The van der Waals surface area contributed by atoms with Crippen LogP contribution in [-0.4, -0.2) is 110 Å². The molecule has 170 valence electrons. The first-order valence-electron chi connectivity index (χ1n) is 10.9. The Balaban J connectivity index is 1.31. The van der Waals surface area contributed by atoms with Gasteiger partial charge >= 0.3 is 6.03 Å². The Bertz CT molecular complexity index is 731. The Morgan fingerprint density at radius 1 is 0.935 bits per heavy atom. The first-order valence-corrected chi connectivity index (χ1v) is 10.9. The number of hydrogen-bond donors (Lipinski definition) is 1. The molecule has 31 heavy (non-hydrogen) atoms. The molecule has 9 heteroatoms. The van der Waals surface area contributed by atoms with Crippen LogP contribution >= 0.6 is 0 Å². The van der Waals surface area contributed by atoms with E-state index in [4.69, 9.17) is 4.74 Å². The van der Waals surface area contributed by atoms with Crippen LogP contribution in [0, 0.1) is 0 Å². The van der Waals surface area contributed by atoms with Crippen molar-refractivity contribution >= 4 is 17.8 Å². The zero-order valence-electron chi connectivity index (χ0n) is 18.3. The molecule has 1 aromatic carbocycles. The first kappa shape index (κ1) is 23.0. The maximum Gasteiger partial charge on any atom is 0.317 e. The fraction of sp³-hybridized carbons (Fsp3) is 0.591. The van der Waals surface area contributed by atoms with E-state index in [1.165, 1.54) is 0 Å². The molecular weight excluding hydrogens is 398 g/mol. The molecule has 0 saturated carbocycles. The van der Waals surface area contributed by atoms with Crippen LogP contribution in [0.25, 0.3) is 0 Å². The van der Waals surface area contributed by atoms with Crippen molar-refractivity contribution in [2.45, 2.75) is 13.0 Å². The van der Waals surface area contributed by atoms with E-state index in [9.17, 15) is 14.4 Å². The van der Waals surface area contributed by atoms with Crippen LogP contribution in [0.15, 0.2) is 30.3 Å². The van der Waals surface area contributed by atoms with Gasteiger partial charge in [0.25, 0.3) is 0 Å². The quantitative estimate of drug-likeness (QED) is 0.668. The molecule has 0 bridgehead atoms. The van der Waals surface area contributed by atoms with E-state index < -0.39 is 0 Å². The number of morpholine rings is 1. The van der Waals surface area contributed by atoms with Crippen molar-refractivity contribution < 1.29 is 19.1 Å². The lowest BCUT2D eigenvalue weighted by Gasteiger charge is -2.36. The monoisotopic (exact) mass is 431 g/mol. The van der Waals surface area contributed by atoms with E-state index >= 15 is 0 Å². The molecule has 1 N–H and O–H groups in total. The average molecular weight is 432 g/mol. The molecule has 4 amide bonds. The Morgan fingerprint density at radius 3 is 2.19 bits per heavy atom. The zero-order valence-corrected chi connectivity index (χ0v) is 18.3.